The third kappa shape index (κ3) is 17.8. The van der Waals surface area contributed by atoms with Gasteiger partial charge in [-0.25, -0.2) is 0 Å². The van der Waals surface area contributed by atoms with Gasteiger partial charge in [-0.1, -0.05) is 17.7 Å². The fourth-order valence-corrected chi connectivity index (χ4v) is 14.8. The molecule has 1 aromatic carbocycles. The molecule has 21 aliphatic heterocycles. The zero-order chi connectivity index (χ0) is 72.4. The fourth-order valence-electron chi connectivity index (χ4n) is 13.9. The minimum Gasteiger partial charge on any atom is -0.387 e. The van der Waals surface area contributed by atoms with Crippen LogP contribution in [-0.4, -0.2) is 398 Å². The summed E-state index contributed by atoms with van der Waals surface area (Å²) in [6.45, 7) is -0.827. The van der Waals surface area contributed by atoms with Crippen LogP contribution in [0.15, 0.2) is 29.2 Å². The molecule has 21 saturated heterocycles. The number of methoxy groups -OCH3 is 13. The van der Waals surface area contributed by atoms with Gasteiger partial charge in [-0.15, -0.1) is 0 Å². The van der Waals surface area contributed by atoms with Gasteiger partial charge in [0.2, 0.25) is 0 Å². The summed E-state index contributed by atoms with van der Waals surface area (Å²) in [6.07, 6.45) is -53.2. The molecule has 0 aliphatic carbocycles. The van der Waals surface area contributed by atoms with E-state index in [1.54, 1.807) is 19.1 Å². The molecule has 578 valence electrons. The Balaban J connectivity index is 1.11. The van der Waals surface area contributed by atoms with Gasteiger partial charge in [0, 0.05) is 92.4 Å². The highest BCUT2D eigenvalue weighted by molar-refractivity contribution is 7.86. The maximum Gasteiger partial charge on any atom is 0.297 e. The van der Waals surface area contributed by atoms with Gasteiger partial charge in [-0.3, -0.25) is 4.18 Å². The van der Waals surface area contributed by atoms with E-state index in [9.17, 15) is 44.2 Å². The van der Waals surface area contributed by atoms with Crippen molar-refractivity contribution in [2.45, 2.75) is 227 Å². The van der Waals surface area contributed by atoms with Crippen LogP contribution in [0.3, 0.4) is 0 Å². The van der Waals surface area contributed by atoms with E-state index in [4.69, 9.17) is 132 Å². The zero-order valence-corrected chi connectivity index (χ0v) is 59.1. The van der Waals surface area contributed by atoms with Crippen molar-refractivity contribution in [2.75, 3.05) is 139 Å². The van der Waals surface area contributed by atoms with E-state index in [2.05, 4.69) is 0 Å². The average molecular weight is 1470 g/mol. The molecule has 38 heteroatoms. The Morgan fingerprint density at radius 3 is 0.610 bits per heavy atom. The Morgan fingerprint density at radius 1 is 0.280 bits per heavy atom. The quantitative estimate of drug-likeness (QED) is 0.0505. The molecule has 0 amide bonds. The van der Waals surface area contributed by atoms with E-state index in [0.717, 1.165) is 5.56 Å². The van der Waals surface area contributed by atoms with Crippen LogP contribution in [0.4, 0.5) is 0 Å². The molecule has 1 aromatic rings. The third-order valence-electron chi connectivity index (χ3n) is 18.9. The van der Waals surface area contributed by atoms with Crippen molar-refractivity contribution in [2.24, 2.45) is 0 Å². The first-order valence-electron chi connectivity index (χ1n) is 32.6. The molecule has 21 aliphatic rings. The Morgan fingerprint density at radius 2 is 0.450 bits per heavy atom. The standard InChI is InChI=1S/C62H102O37S/c1-26-15-17-27(18-16-26)100(70,71)85-25-34-48-41(69)55(84-14)62(92-34)98-47-33(24-77-7)90-60(53(82-12)40(47)68)96-45-31(22-75-5)88-58(51(80-10)38(45)66)94-43-29(20-73-3)86-56(49(78-8)36(43)64)93-42-28(19-72-2)87-57(50(79-9)35(42)63)95-44-30(21-74-4)89-59(52(81-11)37(44)65)97-46-32(23-76-6)91-61(99-48)54(83-13)39(46)67/h15-18,28-69H,19-25H2,1-14H3/t28-,29-,30-,31-,32-,33-,34-,35+,36+,37+,38+,39+,40+,41+,42-,43-,44-,45-,46-,47-,48-,49-,50+,51-,52+,53-,54-,55-,56-,57?,58-,59-,60-,61-,62-/m1/s1. The SMILES string of the molecule is COC[C@H]1O[C@@H]2O[C@H]3[C@H](O)[C@@H](OC)[C@@H](O[C@H]4[C@H](O)[C@@H](OC)[C@@H](O[C@H]5[C@H](O)[C@@H](OC)[C@@H](O[C@H]6[C@H](O)[C@@H](OC)[C@@H](O[C@H]7[C@H](O)[C@@H](OC)[C@@H](O[C@H]8[C@H](O)[C@H](OC)C(O[C@H]1[C@H](O)[C@@H]2OC)O[C@@H]8COC)O[C@@H]7COC)O[C@@H]6COC)O[C@@H]5COC)O[C@@H]4COS(=O)(=O)c1ccc(C)cc1)O[C@@H]3COC. The van der Waals surface area contributed by atoms with Gasteiger partial charge in [0.1, 0.15) is 171 Å². The molecule has 0 saturated carbocycles. The lowest BCUT2D eigenvalue weighted by Crippen LogP contribution is -2.69. The highest BCUT2D eigenvalue weighted by Crippen LogP contribution is 2.42. The van der Waals surface area contributed by atoms with Crippen LogP contribution >= 0.6 is 0 Å². The van der Waals surface area contributed by atoms with Gasteiger partial charge in [-0.05, 0) is 19.1 Å². The van der Waals surface area contributed by atoms with E-state index in [1.807, 2.05) is 0 Å². The van der Waals surface area contributed by atoms with Gasteiger partial charge in [0.15, 0.2) is 44.0 Å². The fraction of sp³-hybridized carbons (Fsp3) is 0.903. The van der Waals surface area contributed by atoms with E-state index >= 15 is 0 Å². The molecular formula is C62H102O37S. The monoisotopic (exact) mass is 1470 g/mol. The molecule has 22 rings (SSSR count). The Hall–Kier alpha value is -2.23. The molecule has 7 N–H and O–H groups in total. The van der Waals surface area contributed by atoms with E-state index in [1.165, 1.54) is 105 Å². The van der Waals surface area contributed by atoms with Crippen molar-refractivity contribution in [1.82, 2.24) is 0 Å². The van der Waals surface area contributed by atoms with Crippen molar-refractivity contribution in [3.8, 4) is 0 Å². The highest BCUT2D eigenvalue weighted by atomic mass is 32.2. The van der Waals surface area contributed by atoms with Crippen LogP contribution in [0, 0.1) is 6.92 Å². The van der Waals surface area contributed by atoms with E-state index in [0.29, 0.717) is 0 Å². The van der Waals surface area contributed by atoms with Crippen molar-refractivity contribution in [1.29, 1.82) is 0 Å². The number of hydrogen-bond donors (Lipinski definition) is 7. The molecule has 35 atom stereocenters. The van der Waals surface area contributed by atoms with Gasteiger partial charge >= 0.3 is 0 Å². The number of aliphatic hydroxyl groups excluding tert-OH is 7. The molecule has 14 bridgehead atoms. The van der Waals surface area contributed by atoms with Crippen LogP contribution in [0.2, 0.25) is 0 Å². The smallest absolute Gasteiger partial charge is 0.297 e. The van der Waals surface area contributed by atoms with E-state index < -0.39 is 232 Å². The lowest BCUT2D eigenvalue weighted by Gasteiger charge is -2.51. The summed E-state index contributed by atoms with van der Waals surface area (Å²) in [5.74, 6) is 0. The summed E-state index contributed by atoms with van der Waals surface area (Å²) in [4.78, 5) is -0.228. The Bertz CT molecular complexity index is 2660. The third-order valence-corrected chi connectivity index (χ3v) is 20.2. The summed E-state index contributed by atoms with van der Waals surface area (Å²) in [5.41, 5.74) is 0.752. The minimum atomic E-state index is -4.59. The second-order valence-corrected chi connectivity index (χ2v) is 26.7. The zero-order valence-electron chi connectivity index (χ0n) is 58.3. The average Bonchev–Trinajstić information content (AvgIpc) is 0.772. The number of aliphatic hydroxyl groups is 7. The predicted molar refractivity (Wildman–Crippen MR) is 328 cm³/mol. The molecule has 0 aromatic heterocycles. The normalized spacial score (nSPS) is 45.5. The molecule has 0 radical (unpaired) electrons. The largest absolute Gasteiger partial charge is 0.387 e. The first-order chi connectivity index (χ1) is 48.1. The summed E-state index contributed by atoms with van der Waals surface area (Å²) in [7, 11) is 12.3. The number of aryl methyl sites for hydroxylation is 1. The highest BCUT2D eigenvalue weighted by Gasteiger charge is 2.61. The van der Waals surface area contributed by atoms with Crippen LogP contribution in [0.1, 0.15) is 5.56 Å². The van der Waals surface area contributed by atoms with Gasteiger partial charge in [0.05, 0.1) is 51.1 Å². The second kappa shape index (κ2) is 37.5. The minimum absolute atomic E-state index is 0.228. The number of rotatable bonds is 23. The molecule has 100 heavy (non-hydrogen) atoms. The van der Waals surface area contributed by atoms with Crippen molar-refractivity contribution in [3.63, 3.8) is 0 Å². The van der Waals surface area contributed by atoms with Crippen LogP contribution in [-0.2, 0) is 142 Å². The molecule has 0 spiro atoms. The molecule has 1 unspecified atom stereocenters. The van der Waals surface area contributed by atoms with Crippen molar-refractivity contribution >= 4 is 10.1 Å². The number of ether oxygens (including phenoxy) is 27. The van der Waals surface area contributed by atoms with Crippen molar-refractivity contribution < 1.29 is 176 Å². The van der Waals surface area contributed by atoms with Crippen LogP contribution in [0.5, 0.6) is 0 Å². The summed E-state index contributed by atoms with van der Waals surface area (Å²) < 4.78 is 200. The number of hydrogen-bond acceptors (Lipinski definition) is 37. The molecule has 21 heterocycles. The van der Waals surface area contributed by atoms with Crippen molar-refractivity contribution in [3.05, 3.63) is 29.8 Å². The summed E-state index contributed by atoms with van der Waals surface area (Å²) in [6, 6.07) is 5.80. The van der Waals surface area contributed by atoms with E-state index in [-0.39, 0.29) is 44.5 Å². The molecular weight excluding hydrogens is 1370 g/mol. The van der Waals surface area contributed by atoms with Gasteiger partial charge < -0.3 is 164 Å². The molecule has 37 nitrogen and oxygen atoms in total. The second-order valence-electron chi connectivity index (χ2n) is 25.1. The maximum atomic E-state index is 14.0. The first-order valence-corrected chi connectivity index (χ1v) is 34.0. The lowest BCUT2D eigenvalue weighted by atomic mass is 9.95. The van der Waals surface area contributed by atoms with Crippen LogP contribution < -0.4 is 0 Å². The van der Waals surface area contributed by atoms with Gasteiger partial charge in [0.25, 0.3) is 10.1 Å². The Labute approximate surface area is 579 Å². The Kier molecular flexibility index (Phi) is 30.7. The predicted octanol–water partition coefficient (Wildman–Crippen LogP) is -5.01. The maximum absolute atomic E-state index is 14.0. The molecule has 21 fully saturated rings. The summed E-state index contributed by atoms with van der Waals surface area (Å²) in [5, 5.41) is 87.2. The topological polar surface area (TPSA) is 434 Å². The first kappa shape index (κ1) is 81.8. The lowest BCUT2D eigenvalue weighted by molar-refractivity contribution is -0.400. The summed E-state index contributed by atoms with van der Waals surface area (Å²) >= 11 is 0. The van der Waals surface area contributed by atoms with Crippen LogP contribution in [0.25, 0.3) is 0 Å². The van der Waals surface area contributed by atoms with Gasteiger partial charge in [-0.2, -0.15) is 8.42 Å². The number of benzene rings is 1.